The number of allylic oxidation sites excluding steroid dienone is 2. The van der Waals surface area contributed by atoms with Crippen LogP contribution >= 0.6 is 0 Å². The number of rotatable bonds is 17. The minimum absolute atomic E-state index is 0.185. The summed E-state index contributed by atoms with van der Waals surface area (Å²) in [4.78, 5) is 0. The lowest BCUT2D eigenvalue weighted by molar-refractivity contribution is 0.187. The average Bonchev–Trinajstić information content (AvgIpc) is 3.12. The first kappa shape index (κ1) is 36.5. The van der Waals surface area contributed by atoms with E-state index < -0.39 is 11.6 Å². The van der Waals surface area contributed by atoms with Crippen LogP contribution < -0.4 is 0 Å². The van der Waals surface area contributed by atoms with Crippen LogP contribution in [0.5, 0.6) is 0 Å². The van der Waals surface area contributed by atoms with Gasteiger partial charge in [-0.2, -0.15) is 0 Å². The van der Waals surface area contributed by atoms with E-state index in [-0.39, 0.29) is 11.4 Å². The van der Waals surface area contributed by atoms with E-state index in [0.717, 1.165) is 78.5 Å². The highest BCUT2D eigenvalue weighted by molar-refractivity contribution is 5.74. The lowest BCUT2D eigenvalue weighted by Crippen LogP contribution is -2.23. The van der Waals surface area contributed by atoms with Crippen LogP contribution in [0.4, 0.5) is 13.2 Å². The van der Waals surface area contributed by atoms with Gasteiger partial charge in [0.1, 0.15) is 5.82 Å². The molecule has 1 fully saturated rings. The zero-order chi connectivity index (χ0) is 33.7. The van der Waals surface area contributed by atoms with Gasteiger partial charge in [-0.3, -0.25) is 0 Å². The van der Waals surface area contributed by atoms with Crippen LogP contribution in [-0.4, -0.2) is 0 Å². The Kier molecular flexibility index (Phi) is 14.3. The highest BCUT2D eigenvalue weighted by Crippen LogP contribution is 2.43. The minimum Gasteiger partial charge on any atom is -0.206 e. The first-order valence-corrected chi connectivity index (χ1v) is 19.5. The normalized spacial score (nSPS) is 19.8. The van der Waals surface area contributed by atoms with Crippen molar-refractivity contribution in [2.75, 3.05) is 0 Å². The van der Waals surface area contributed by atoms with E-state index in [2.05, 4.69) is 19.9 Å². The van der Waals surface area contributed by atoms with Gasteiger partial charge in [-0.25, -0.2) is 13.2 Å². The van der Waals surface area contributed by atoms with E-state index in [4.69, 9.17) is 0 Å². The van der Waals surface area contributed by atoms with Gasteiger partial charge in [0, 0.05) is 11.1 Å². The first-order chi connectivity index (χ1) is 23.5. The largest absolute Gasteiger partial charge is 0.206 e. The fourth-order valence-corrected chi connectivity index (χ4v) is 8.41. The summed E-state index contributed by atoms with van der Waals surface area (Å²) in [6, 6.07) is 16.3. The molecule has 48 heavy (non-hydrogen) atoms. The van der Waals surface area contributed by atoms with Crippen LogP contribution in [0.25, 0.3) is 27.8 Å². The Morgan fingerprint density at radius 3 is 1.85 bits per heavy atom. The lowest BCUT2D eigenvalue weighted by Gasteiger charge is -2.35. The molecular weight excluding hydrogens is 597 g/mol. The molecular formula is C45H59F3. The van der Waals surface area contributed by atoms with Crippen LogP contribution in [0.15, 0.2) is 60.7 Å². The van der Waals surface area contributed by atoms with E-state index in [0.29, 0.717) is 17.5 Å². The van der Waals surface area contributed by atoms with Crippen molar-refractivity contribution in [1.29, 1.82) is 0 Å². The fraction of sp³-hybridized carbons (Fsp3) is 0.556. The molecule has 3 heteroatoms. The smallest absolute Gasteiger partial charge is 0.166 e. The van der Waals surface area contributed by atoms with Gasteiger partial charge >= 0.3 is 0 Å². The Morgan fingerprint density at radius 1 is 0.562 bits per heavy atom. The molecule has 0 heterocycles. The highest BCUT2D eigenvalue weighted by atomic mass is 19.2. The molecule has 0 saturated heterocycles. The number of aryl methyl sites for hydroxylation is 1. The van der Waals surface area contributed by atoms with Crippen molar-refractivity contribution in [3.8, 4) is 22.3 Å². The molecule has 0 aliphatic heterocycles. The monoisotopic (exact) mass is 656 g/mol. The Labute approximate surface area is 289 Å². The van der Waals surface area contributed by atoms with Crippen molar-refractivity contribution >= 4 is 5.57 Å². The first-order valence-electron chi connectivity index (χ1n) is 19.5. The predicted molar refractivity (Wildman–Crippen MR) is 198 cm³/mol. The maximum atomic E-state index is 15.5. The maximum absolute atomic E-state index is 15.5. The predicted octanol–water partition coefficient (Wildman–Crippen LogP) is 14.7. The zero-order valence-corrected chi connectivity index (χ0v) is 29.8. The molecule has 5 rings (SSSR count). The van der Waals surface area contributed by atoms with Gasteiger partial charge in [0.2, 0.25) is 0 Å². The van der Waals surface area contributed by atoms with E-state index in [1.165, 1.54) is 83.5 Å². The van der Waals surface area contributed by atoms with Gasteiger partial charge in [0.25, 0.3) is 0 Å². The summed E-state index contributed by atoms with van der Waals surface area (Å²) >= 11 is 0. The van der Waals surface area contributed by atoms with E-state index >= 15 is 8.78 Å². The Morgan fingerprint density at radius 2 is 1.19 bits per heavy atom. The van der Waals surface area contributed by atoms with Gasteiger partial charge in [-0.1, -0.05) is 152 Å². The molecule has 0 radical (unpaired) electrons. The Bertz CT molecular complexity index is 1440. The molecule has 0 aromatic heterocycles. The molecule has 1 unspecified atom stereocenters. The second kappa shape index (κ2) is 18.8. The van der Waals surface area contributed by atoms with Gasteiger partial charge in [-0.15, -0.1) is 0 Å². The van der Waals surface area contributed by atoms with Crippen molar-refractivity contribution in [3.63, 3.8) is 0 Å². The lowest BCUT2D eigenvalue weighted by atomic mass is 9.70. The molecule has 1 saturated carbocycles. The quantitative estimate of drug-likeness (QED) is 0.127. The van der Waals surface area contributed by atoms with E-state index in [9.17, 15) is 4.39 Å². The molecule has 0 bridgehead atoms. The number of halogens is 3. The third-order valence-electron chi connectivity index (χ3n) is 11.5. The van der Waals surface area contributed by atoms with Crippen molar-refractivity contribution in [2.45, 2.75) is 142 Å². The molecule has 2 aliphatic carbocycles. The molecule has 0 amide bonds. The molecule has 0 nitrogen and oxygen atoms in total. The number of hydrogen-bond acceptors (Lipinski definition) is 0. The molecule has 1 atom stereocenters. The fourth-order valence-electron chi connectivity index (χ4n) is 8.41. The topological polar surface area (TPSA) is 0 Å². The highest BCUT2D eigenvalue weighted by Gasteiger charge is 2.29. The average molecular weight is 657 g/mol. The van der Waals surface area contributed by atoms with Gasteiger partial charge < -0.3 is 0 Å². The van der Waals surface area contributed by atoms with Crippen LogP contribution in [-0.2, 0) is 6.42 Å². The molecule has 3 aromatic carbocycles. The second-order valence-electron chi connectivity index (χ2n) is 14.9. The summed E-state index contributed by atoms with van der Waals surface area (Å²) in [5.74, 6) is 0.816. The minimum atomic E-state index is -0.787. The third-order valence-corrected chi connectivity index (χ3v) is 11.5. The molecule has 3 aromatic rings. The molecule has 2 aliphatic rings. The van der Waals surface area contributed by atoms with Crippen molar-refractivity contribution in [3.05, 3.63) is 89.3 Å². The Hall–Kier alpha value is -2.81. The standard InChI is InChI=1S/C45H59F3/c1-3-5-7-9-11-13-15-39-28-31-42(45(48)44(39)47)38-26-22-36(23-27-38)40-29-30-41(43(46)32-40)37-24-20-35(21-25-37)34-18-16-33(17-19-34)14-12-10-8-6-4-2/h22-24,26-35H,3-21,25H2,1-2H3. The van der Waals surface area contributed by atoms with E-state index in [1.54, 1.807) is 30.3 Å². The Balaban J connectivity index is 1.13. The number of hydrogen-bond donors (Lipinski definition) is 0. The summed E-state index contributed by atoms with van der Waals surface area (Å²) < 4.78 is 45.5. The third kappa shape index (κ3) is 9.88. The zero-order valence-electron chi connectivity index (χ0n) is 29.8. The summed E-state index contributed by atoms with van der Waals surface area (Å²) in [5.41, 5.74) is 4.85. The van der Waals surface area contributed by atoms with Gasteiger partial charge in [-0.05, 0) is 96.6 Å². The summed E-state index contributed by atoms with van der Waals surface area (Å²) in [7, 11) is 0. The summed E-state index contributed by atoms with van der Waals surface area (Å²) in [5, 5.41) is 0. The molecule has 0 spiro atoms. The van der Waals surface area contributed by atoms with Gasteiger partial charge in [0.05, 0.1) is 0 Å². The van der Waals surface area contributed by atoms with Gasteiger partial charge in [0.15, 0.2) is 11.6 Å². The van der Waals surface area contributed by atoms with Crippen molar-refractivity contribution in [1.82, 2.24) is 0 Å². The molecule has 0 N–H and O–H groups in total. The van der Waals surface area contributed by atoms with E-state index in [1.807, 2.05) is 24.3 Å². The van der Waals surface area contributed by atoms with Crippen LogP contribution in [0.1, 0.15) is 147 Å². The van der Waals surface area contributed by atoms with Crippen molar-refractivity contribution in [2.24, 2.45) is 17.8 Å². The second-order valence-corrected chi connectivity index (χ2v) is 14.9. The summed E-state index contributed by atoms with van der Waals surface area (Å²) in [6.45, 7) is 4.47. The number of benzene rings is 3. The van der Waals surface area contributed by atoms with Crippen LogP contribution in [0, 0.1) is 35.2 Å². The van der Waals surface area contributed by atoms with Crippen LogP contribution in [0.2, 0.25) is 0 Å². The molecule has 260 valence electrons. The maximum Gasteiger partial charge on any atom is 0.166 e. The summed E-state index contributed by atoms with van der Waals surface area (Å²) in [6.07, 6.45) is 26.7. The van der Waals surface area contributed by atoms with Crippen LogP contribution in [0.3, 0.4) is 0 Å². The number of unbranched alkanes of at least 4 members (excludes halogenated alkanes) is 9. The van der Waals surface area contributed by atoms with Crippen molar-refractivity contribution < 1.29 is 13.2 Å². The SMILES string of the molecule is CCCCCCCCc1ccc(-c2ccc(-c3ccc(C4=CCC(C5CCC(CCCCCCC)CC5)CC4)c(F)c3)cc2)c(F)c1F.